The van der Waals surface area contributed by atoms with Crippen LogP contribution in [0.3, 0.4) is 0 Å². The molecule has 0 saturated carbocycles. The SMILES string of the molecule is C=COCCNC(COCCOC=C)COCCOC=C. The highest BCUT2D eigenvalue weighted by molar-refractivity contribution is 4.66. The minimum atomic E-state index is 0.0749. The van der Waals surface area contributed by atoms with Crippen LogP contribution in [-0.2, 0) is 23.7 Å². The van der Waals surface area contributed by atoms with Crippen LogP contribution in [0.4, 0.5) is 0 Å². The van der Waals surface area contributed by atoms with Gasteiger partial charge in [-0.2, -0.15) is 0 Å². The fraction of sp³-hybridized carbons (Fsp3) is 0.600. The number of nitrogens with one attached hydrogen (secondary N) is 1. The van der Waals surface area contributed by atoms with Crippen LogP contribution in [0.2, 0.25) is 0 Å². The average molecular weight is 301 g/mol. The topological polar surface area (TPSA) is 58.2 Å². The van der Waals surface area contributed by atoms with Crippen molar-refractivity contribution in [2.75, 3.05) is 52.8 Å². The largest absolute Gasteiger partial charge is 0.500 e. The van der Waals surface area contributed by atoms with E-state index in [0.29, 0.717) is 52.8 Å². The van der Waals surface area contributed by atoms with Gasteiger partial charge in [0.15, 0.2) is 0 Å². The normalized spacial score (nSPS) is 10.1. The van der Waals surface area contributed by atoms with E-state index in [1.807, 2.05) is 0 Å². The van der Waals surface area contributed by atoms with Crippen molar-refractivity contribution in [3.05, 3.63) is 38.5 Å². The molecule has 0 unspecified atom stereocenters. The Bertz CT molecular complexity index is 242. The molecule has 0 amide bonds. The number of hydrogen-bond donors (Lipinski definition) is 1. The van der Waals surface area contributed by atoms with Gasteiger partial charge in [-0.3, -0.25) is 0 Å². The van der Waals surface area contributed by atoms with E-state index in [4.69, 9.17) is 23.7 Å². The van der Waals surface area contributed by atoms with E-state index in [0.717, 1.165) is 0 Å². The van der Waals surface area contributed by atoms with Gasteiger partial charge in [-0.1, -0.05) is 19.7 Å². The van der Waals surface area contributed by atoms with Crippen molar-refractivity contribution in [3.8, 4) is 0 Å². The molecular formula is C15H27NO5. The molecule has 0 aliphatic carbocycles. The molecule has 6 nitrogen and oxygen atoms in total. The fourth-order valence-corrected chi connectivity index (χ4v) is 1.40. The molecule has 0 bridgehead atoms. The molecule has 0 aromatic rings. The second kappa shape index (κ2) is 16.6. The molecule has 1 N–H and O–H groups in total. The lowest BCUT2D eigenvalue weighted by Gasteiger charge is -2.19. The van der Waals surface area contributed by atoms with E-state index < -0.39 is 0 Å². The lowest BCUT2D eigenvalue weighted by molar-refractivity contribution is 0.0268. The van der Waals surface area contributed by atoms with Crippen LogP contribution in [0.1, 0.15) is 0 Å². The van der Waals surface area contributed by atoms with Gasteiger partial charge >= 0.3 is 0 Å². The number of ether oxygens (including phenoxy) is 5. The van der Waals surface area contributed by atoms with Crippen molar-refractivity contribution in [3.63, 3.8) is 0 Å². The summed E-state index contributed by atoms with van der Waals surface area (Å²) >= 11 is 0. The van der Waals surface area contributed by atoms with Gasteiger partial charge in [0.25, 0.3) is 0 Å². The molecule has 0 radical (unpaired) electrons. The molecule has 0 rings (SSSR count). The van der Waals surface area contributed by atoms with Crippen LogP contribution in [0.25, 0.3) is 0 Å². The summed E-state index contributed by atoms with van der Waals surface area (Å²) in [6.45, 7) is 14.7. The smallest absolute Gasteiger partial charge is 0.111 e. The maximum Gasteiger partial charge on any atom is 0.111 e. The Morgan fingerprint density at radius 3 is 1.67 bits per heavy atom. The van der Waals surface area contributed by atoms with Crippen molar-refractivity contribution in [1.29, 1.82) is 0 Å². The van der Waals surface area contributed by atoms with Gasteiger partial charge in [0.2, 0.25) is 0 Å². The molecule has 0 saturated heterocycles. The molecule has 0 fully saturated rings. The van der Waals surface area contributed by atoms with Gasteiger partial charge in [0.05, 0.1) is 57.9 Å². The highest BCUT2D eigenvalue weighted by Gasteiger charge is 2.08. The zero-order chi connectivity index (χ0) is 15.6. The van der Waals surface area contributed by atoms with Crippen LogP contribution < -0.4 is 5.32 Å². The third-order valence-corrected chi connectivity index (χ3v) is 2.34. The molecule has 6 heteroatoms. The first kappa shape index (κ1) is 19.5. The Balaban J connectivity index is 3.76. The maximum atomic E-state index is 5.51. The minimum Gasteiger partial charge on any atom is -0.500 e. The van der Waals surface area contributed by atoms with E-state index in [1.54, 1.807) is 0 Å². The third kappa shape index (κ3) is 14.7. The van der Waals surface area contributed by atoms with Crippen LogP contribution in [0, 0.1) is 0 Å². The summed E-state index contributed by atoms with van der Waals surface area (Å²) in [5, 5.41) is 3.29. The van der Waals surface area contributed by atoms with Gasteiger partial charge in [0.1, 0.15) is 13.2 Å². The summed E-state index contributed by atoms with van der Waals surface area (Å²) in [4.78, 5) is 0. The monoisotopic (exact) mass is 301 g/mol. The Labute approximate surface area is 127 Å². The summed E-state index contributed by atoms with van der Waals surface area (Å²) in [5.41, 5.74) is 0. The quantitative estimate of drug-likeness (QED) is 0.324. The summed E-state index contributed by atoms with van der Waals surface area (Å²) < 4.78 is 26.0. The van der Waals surface area contributed by atoms with Gasteiger partial charge in [-0.25, -0.2) is 0 Å². The zero-order valence-corrected chi connectivity index (χ0v) is 12.6. The molecular weight excluding hydrogens is 274 g/mol. The molecule has 0 aliphatic rings. The second-order valence-corrected chi connectivity index (χ2v) is 3.91. The molecule has 0 heterocycles. The fourth-order valence-electron chi connectivity index (χ4n) is 1.40. The first-order valence-corrected chi connectivity index (χ1v) is 6.91. The Morgan fingerprint density at radius 1 is 0.714 bits per heavy atom. The predicted molar refractivity (Wildman–Crippen MR) is 81.9 cm³/mol. The molecule has 0 aromatic carbocycles. The van der Waals surface area contributed by atoms with Crippen molar-refractivity contribution in [1.82, 2.24) is 5.32 Å². The zero-order valence-electron chi connectivity index (χ0n) is 12.6. The van der Waals surface area contributed by atoms with Gasteiger partial charge in [-0.05, 0) is 0 Å². The van der Waals surface area contributed by atoms with Gasteiger partial charge < -0.3 is 29.0 Å². The Hall–Kier alpha value is -1.50. The van der Waals surface area contributed by atoms with E-state index in [1.165, 1.54) is 18.8 Å². The van der Waals surface area contributed by atoms with Crippen LogP contribution >= 0.6 is 0 Å². The summed E-state index contributed by atoms with van der Waals surface area (Å²) in [7, 11) is 0. The minimum absolute atomic E-state index is 0.0749. The van der Waals surface area contributed by atoms with Crippen molar-refractivity contribution >= 4 is 0 Å². The third-order valence-electron chi connectivity index (χ3n) is 2.34. The van der Waals surface area contributed by atoms with Crippen molar-refractivity contribution in [2.24, 2.45) is 0 Å². The van der Waals surface area contributed by atoms with Gasteiger partial charge in [0, 0.05) is 6.54 Å². The molecule has 0 aliphatic heterocycles. The molecule has 122 valence electrons. The second-order valence-electron chi connectivity index (χ2n) is 3.91. The summed E-state index contributed by atoms with van der Waals surface area (Å²) in [6, 6.07) is 0.0749. The first-order chi connectivity index (χ1) is 10.3. The average Bonchev–Trinajstić information content (AvgIpc) is 2.50. The first-order valence-electron chi connectivity index (χ1n) is 6.91. The number of hydrogen-bond acceptors (Lipinski definition) is 6. The van der Waals surface area contributed by atoms with E-state index in [9.17, 15) is 0 Å². The molecule has 21 heavy (non-hydrogen) atoms. The summed E-state index contributed by atoms with van der Waals surface area (Å²) in [5.74, 6) is 0. The predicted octanol–water partition coefficient (Wildman–Crippen LogP) is 1.46. The van der Waals surface area contributed by atoms with Crippen LogP contribution in [-0.4, -0.2) is 58.8 Å². The van der Waals surface area contributed by atoms with E-state index in [2.05, 4.69) is 25.1 Å². The highest BCUT2D eigenvalue weighted by atomic mass is 16.5. The number of rotatable bonds is 17. The lowest BCUT2D eigenvalue weighted by Crippen LogP contribution is -2.40. The maximum absolute atomic E-state index is 5.51. The standard InChI is InChI=1S/C15H27NO5/c1-4-17-8-7-16-15(13-20-11-9-18-5-2)14-21-12-10-19-6-3/h4-6,15-16H,1-3,7-14H2. The van der Waals surface area contributed by atoms with Crippen LogP contribution in [0.5, 0.6) is 0 Å². The summed E-state index contributed by atoms with van der Waals surface area (Å²) in [6.07, 6.45) is 4.21. The van der Waals surface area contributed by atoms with E-state index in [-0.39, 0.29) is 6.04 Å². The van der Waals surface area contributed by atoms with E-state index >= 15 is 0 Å². The lowest BCUT2D eigenvalue weighted by atomic mass is 10.3. The Morgan fingerprint density at radius 2 is 1.19 bits per heavy atom. The molecule has 0 aromatic heterocycles. The Kier molecular flexibility index (Phi) is 15.4. The van der Waals surface area contributed by atoms with Crippen molar-refractivity contribution < 1.29 is 23.7 Å². The van der Waals surface area contributed by atoms with Crippen LogP contribution in [0.15, 0.2) is 38.5 Å². The molecule has 0 atom stereocenters. The van der Waals surface area contributed by atoms with Crippen molar-refractivity contribution in [2.45, 2.75) is 6.04 Å². The highest BCUT2D eigenvalue weighted by Crippen LogP contribution is 1.91. The van der Waals surface area contributed by atoms with Gasteiger partial charge in [-0.15, -0.1) is 0 Å². The molecule has 0 spiro atoms.